The van der Waals surface area contributed by atoms with Gasteiger partial charge in [-0.1, -0.05) is 13.3 Å². The lowest BCUT2D eigenvalue weighted by Crippen LogP contribution is -2.47. The number of carbonyl (C=O) groups is 1. The van der Waals surface area contributed by atoms with E-state index in [1.165, 1.54) is 0 Å². The standard InChI is InChI=1S/C13H21NO2/c1-3-5-6-8-14-9-7-11(4-2)10-12(14)13(15)16/h11-12H,4,6-10H2,1-2H3,(H,15,16). The molecule has 2 atom stereocenters. The Morgan fingerprint density at radius 1 is 1.56 bits per heavy atom. The van der Waals surface area contributed by atoms with Crippen LogP contribution in [0.4, 0.5) is 0 Å². The second kappa shape index (κ2) is 6.55. The zero-order chi connectivity index (χ0) is 12.0. The number of piperidine rings is 1. The van der Waals surface area contributed by atoms with Gasteiger partial charge >= 0.3 is 5.97 Å². The van der Waals surface area contributed by atoms with Gasteiger partial charge in [-0.05, 0) is 32.2 Å². The van der Waals surface area contributed by atoms with Gasteiger partial charge in [0.25, 0.3) is 0 Å². The van der Waals surface area contributed by atoms with Gasteiger partial charge in [0.2, 0.25) is 0 Å². The van der Waals surface area contributed by atoms with Crippen LogP contribution in [-0.2, 0) is 4.79 Å². The zero-order valence-electron chi connectivity index (χ0n) is 10.2. The minimum absolute atomic E-state index is 0.294. The van der Waals surface area contributed by atoms with Gasteiger partial charge in [0, 0.05) is 13.0 Å². The van der Waals surface area contributed by atoms with Gasteiger partial charge in [0.05, 0.1) is 0 Å². The molecule has 0 aromatic rings. The molecule has 1 rings (SSSR count). The van der Waals surface area contributed by atoms with Crippen molar-refractivity contribution in [2.45, 2.75) is 45.6 Å². The average Bonchev–Trinajstić information content (AvgIpc) is 2.29. The first-order valence-corrected chi connectivity index (χ1v) is 6.05. The van der Waals surface area contributed by atoms with E-state index in [2.05, 4.69) is 23.7 Å². The SMILES string of the molecule is CC#CCCN1CCC(CC)CC1C(=O)O. The van der Waals surface area contributed by atoms with Crippen LogP contribution in [0.25, 0.3) is 0 Å². The van der Waals surface area contributed by atoms with Crippen molar-refractivity contribution in [3.05, 3.63) is 0 Å². The van der Waals surface area contributed by atoms with E-state index in [1.807, 2.05) is 6.92 Å². The summed E-state index contributed by atoms with van der Waals surface area (Å²) in [5.74, 6) is 5.74. The molecule has 0 spiro atoms. The lowest BCUT2D eigenvalue weighted by atomic mass is 9.89. The number of hydrogen-bond donors (Lipinski definition) is 1. The maximum atomic E-state index is 11.2. The Hall–Kier alpha value is -1.01. The summed E-state index contributed by atoms with van der Waals surface area (Å²) >= 11 is 0. The highest BCUT2D eigenvalue weighted by Crippen LogP contribution is 2.25. The Bertz CT molecular complexity index is 290. The van der Waals surface area contributed by atoms with Crippen LogP contribution in [0.1, 0.15) is 39.5 Å². The van der Waals surface area contributed by atoms with Crippen LogP contribution in [-0.4, -0.2) is 35.1 Å². The summed E-state index contributed by atoms with van der Waals surface area (Å²) in [6.07, 6.45) is 3.79. The minimum atomic E-state index is -0.678. The Morgan fingerprint density at radius 2 is 2.31 bits per heavy atom. The number of aliphatic carboxylic acids is 1. The molecule has 0 amide bonds. The van der Waals surface area contributed by atoms with E-state index in [4.69, 9.17) is 0 Å². The van der Waals surface area contributed by atoms with Gasteiger partial charge < -0.3 is 5.11 Å². The first-order chi connectivity index (χ1) is 7.69. The molecule has 0 aliphatic carbocycles. The first kappa shape index (κ1) is 13.1. The van der Waals surface area contributed by atoms with Gasteiger partial charge in [-0.3, -0.25) is 9.69 Å². The minimum Gasteiger partial charge on any atom is -0.480 e. The molecule has 1 aliphatic heterocycles. The molecule has 3 nitrogen and oxygen atoms in total. The molecule has 90 valence electrons. The van der Waals surface area contributed by atoms with Crippen molar-refractivity contribution in [3.8, 4) is 11.8 Å². The number of carboxylic acid groups (broad SMARTS) is 1. The van der Waals surface area contributed by atoms with Crippen molar-refractivity contribution in [2.24, 2.45) is 5.92 Å². The highest BCUT2D eigenvalue weighted by molar-refractivity contribution is 5.73. The summed E-state index contributed by atoms with van der Waals surface area (Å²) in [6.45, 7) is 5.65. The Morgan fingerprint density at radius 3 is 2.88 bits per heavy atom. The summed E-state index contributed by atoms with van der Waals surface area (Å²) in [5.41, 5.74) is 0. The summed E-state index contributed by atoms with van der Waals surface area (Å²) in [7, 11) is 0. The number of carboxylic acids is 1. The van der Waals surface area contributed by atoms with E-state index in [1.54, 1.807) is 0 Å². The molecule has 2 unspecified atom stereocenters. The molecule has 3 heteroatoms. The third kappa shape index (κ3) is 3.53. The average molecular weight is 223 g/mol. The summed E-state index contributed by atoms with van der Waals surface area (Å²) in [5, 5.41) is 9.20. The van der Waals surface area contributed by atoms with E-state index < -0.39 is 5.97 Å². The summed E-state index contributed by atoms with van der Waals surface area (Å²) in [4.78, 5) is 13.2. The van der Waals surface area contributed by atoms with Crippen molar-refractivity contribution in [2.75, 3.05) is 13.1 Å². The van der Waals surface area contributed by atoms with E-state index in [0.717, 1.165) is 38.8 Å². The molecule has 1 N–H and O–H groups in total. The van der Waals surface area contributed by atoms with Crippen molar-refractivity contribution >= 4 is 5.97 Å². The summed E-state index contributed by atoms with van der Waals surface area (Å²) in [6, 6.07) is -0.294. The molecule has 0 aromatic heterocycles. The van der Waals surface area contributed by atoms with Crippen molar-refractivity contribution in [1.29, 1.82) is 0 Å². The molecule has 1 heterocycles. The molecule has 16 heavy (non-hydrogen) atoms. The fourth-order valence-electron chi connectivity index (χ4n) is 2.31. The van der Waals surface area contributed by atoms with Crippen molar-refractivity contribution in [3.63, 3.8) is 0 Å². The molecular formula is C13H21NO2. The van der Waals surface area contributed by atoms with Gasteiger partial charge in [-0.2, -0.15) is 0 Å². The molecular weight excluding hydrogens is 202 g/mol. The third-order valence-corrected chi connectivity index (χ3v) is 3.39. The molecule has 1 fully saturated rings. The topological polar surface area (TPSA) is 40.5 Å². The van der Waals surface area contributed by atoms with E-state index in [9.17, 15) is 9.90 Å². The number of hydrogen-bond acceptors (Lipinski definition) is 2. The van der Waals surface area contributed by atoms with Gasteiger partial charge in [0.15, 0.2) is 0 Å². The molecule has 0 aromatic carbocycles. The van der Waals surface area contributed by atoms with Crippen LogP contribution < -0.4 is 0 Å². The monoisotopic (exact) mass is 223 g/mol. The largest absolute Gasteiger partial charge is 0.480 e. The smallest absolute Gasteiger partial charge is 0.320 e. The molecule has 1 aliphatic rings. The Balaban J connectivity index is 2.53. The van der Waals surface area contributed by atoms with Gasteiger partial charge in [-0.15, -0.1) is 11.8 Å². The number of rotatable bonds is 4. The maximum absolute atomic E-state index is 11.2. The quantitative estimate of drug-likeness (QED) is 0.741. The van der Waals surface area contributed by atoms with Crippen LogP contribution in [0.2, 0.25) is 0 Å². The fourth-order valence-corrected chi connectivity index (χ4v) is 2.31. The second-order valence-corrected chi connectivity index (χ2v) is 4.37. The van der Waals surface area contributed by atoms with Crippen LogP contribution >= 0.6 is 0 Å². The molecule has 0 saturated carbocycles. The fraction of sp³-hybridized carbons (Fsp3) is 0.769. The van der Waals surface area contributed by atoms with E-state index in [0.29, 0.717) is 5.92 Å². The first-order valence-electron chi connectivity index (χ1n) is 6.05. The normalized spacial score (nSPS) is 25.9. The summed E-state index contributed by atoms with van der Waals surface area (Å²) < 4.78 is 0. The van der Waals surface area contributed by atoms with Crippen LogP contribution in [0.3, 0.4) is 0 Å². The van der Waals surface area contributed by atoms with Gasteiger partial charge in [0.1, 0.15) is 6.04 Å². The lowest BCUT2D eigenvalue weighted by molar-refractivity contribution is -0.145. The number of likely N-dealkylation sites (tertiary alicyclic amines) is 1. The third-order valence-electron chi connectivity index (χ3n) is 3.39. The van der Waals surface area contributed by atoms with Crippen molar-refractivity contribution < 1.29 is 9.90 Å². The molecule has 0 bridgehead atoms. The molecule has 0 radical (unpaired) electrons. The maximum Gasteiger partial charge on any atom is 0.320 e. The molecule has 1 saturated heterocycles. The number of nitrogens with zero attached hydrogens (tertiary/aromatic N) is 1. The van der Waals surface area contributed by atoms with Crippen molar-refractivity contribution in [1.82, 2.24) is 4.90 Å². The van der Waals surface area contributed by atoms with E-state index >= 15 is 0 Å². The van der Waals surface area contributed by atoms with Crippen LogP contribution in [0.5, 0.6) is 0 Å². The van der Waals surface area contributed by atoms with Crippen LogP contribution in [0.15, 0.2) is 0 Å². The Kier molecular flexibility index (Phi) is 5.34. The predicted molar refractivity (Wildman–Crippen MR) is 64.1 cm³/mol. The zero-order valence-corrected chi connectivity index (χ0v) is 10.2. The highest BCUT2D eigenvalue weighted by Gasteiger charge is 2.31. The lowest BCUT2D eigenvalue weighted by Gasteiger charge is -2.36. The Labute approximate surface area is 97.8 Å². The second-order valence-electron chi connectivity index (χ2n) is 4.37. The predicted octanol–water partition coefficient (Wildman–Crippen LogP) is 1.98. The van der Waals surface area contributed by atoms with E-state index in [-0.39, 0.29) is 6.04 Å². The highest BCUT2D eigenvalue weighted by atomic mass is 16.4. The van der Waals surface area contributed by atoms with Gasteiger partial charge in [-0.25, -0.2) is 0 Å². The van der Waals surface area contributed by atoms with Crippen LogP contribution in [0, 0.1) is 17.8 Å².